The minimum absolute atomic E-state index is 0.160. The zero-order valence-corrected chi connectivity index (χ0v) is 17.3. The Balaban J connectivity index is 1.51. The third kappa shape index (κ3) is 4.99. The van der Waals surface area contributed by atoms with Crippen molar-refractivity contribution in [1.29, 1.82) is 0 Å². The lowest BCUT2D eigenvalue weighted by Crippen LogP contribution is -2.47. The van der Waals surface area contributed by atoms with E-state index in [-0.39, 0.29) is 11.9 Å². The van der Waals surface area contributed by atoms with E-state index in [4.69, 9.17) is 0 Å². The molecule has 0 spiro atoms. The molecule has 0 aliphatic carbocycles. The van der Waals surface area contributed by atoms with Crippen LogP contribution in [-0.2, 0) is 6.54 Å². The van der Waals surface area contributed by atoms with Crippen LogP contribution < -0.4 is 4.90 Å². The first kappa shape index (κ1) is 22.0. The Morgan fingerprint density at radius 3 is 1.97 bits per heavy atom. The average molecular weight is 442 g/mol. The zero-order chi connectivity index (χ0) is 22.7. The van der Waals surface area contributed by atoms with Gasteiger partial charge in [0.05, 0.1) is 0 Å². The number of amides is 1. The van der Waals surface area contributed by atoms with Gasteiger partial charge in [-0.1, -0.05) is 6.07 Å². The van der Waals surface area contributed by atoms with E-state index in [2.05, 4.69) is 4.90 Å². The van der Waals surface area contributed by atoms with Gasteiger partial charge in [0.25, 0.3) is 5.91 Å². The summed E-state index contributed by atoms with van der Waals surface area (Å²) in [5.74, 6) is -2.32. The lowest BCUT2D eigenvalue weighted by atomic mass is 10.00. The number of halogens is 4. The van der Waals surface area contributed by atoms with Crippen molar-refractivity contribution in [1.82, 2.24) is 4.90 Å². The molecule has 0 atom stereocenters. The molecule has 1 fully saturated rings. The van der Waals surface area contributed by atoms with Crippen molar-refractivity contribution in [3.63, 3.8) is 0 Å². The molecule has 1 heterocycles. The molecule has 1 amide bonds. The third-order valence-electron chi connectivity index (χ3n) is 5.75. The van der Waals surface area contributed by atoms with Crippen molar-refractivity contribution < 1.29 is 22.4 Å². The molecule has 1 aliphatic rings. The lowest BCUT2D eigenvalue weighted by molar-refractivity contribution is 0.0958. The molecule has 0 N–H and O–H groups in total. The highest BCUT2D eigenvalue weighted by atomic mass is 19.1. The van der Waals surface area contributed by atoms with Gasteiger partial charge in [-0.3, -0.25) is 9.69 Å². The molecular weight excluding hydrogens is 420 g/mol. The molecule has 3 nitrogen and oxygen atoms in total. The Morgan fingerprint density at radius 2 is 1.38 bits per heavy atom. The van der Waals surface area contributed by atoms with Crippen LogP contribution >= 0.6 is 0 Å². The molecule has 7 heteroatoms. The van der Waals surface area contributed by atoms with Crippen molar-refractivity contribution in [3.8, 4) is 0 Å². The molecule has 0 saturated carbocycles. The summed E-state index contributed by atoms with van der Waals surface area (Å²) in [6, 6.07) is 14.4. The van der Waals surface area contributed by atoms with Crippen LogP contribution in [-0.4, -0.2) is 29.9 Å². The summed E-state index contributed by atoms with van der Waals surface area (Å²) in [5.41, 5.74) is 1.32. The predicted octanol–water partition coefficient (Wildman–Crippen LogP) is 5.55. The molecule has 0 radical (unpaired) electrons. The van der Waals surface area contributed by atoms with Crippen molar-refractivity contribution in [2.45, 2.75) is 25.4 Å². The predicted molar refractivity (Wildman–Crippen MR) is 114 cm³/mol. The SMILES string of the molecule is O=C(c1ccc(F)cc1)N(c1ccc(F)cc1)C1CCN(Cc2ccc(F)cc2F)CC1. The summed E-state index contributed by atoms with van der Waals surface area (Å²) in [6.45, 7) is 1.56. The Hall–Kier alpha value is -3.19. The van der Waals surface area contributed by atoms with Gasteiger partial charge in [-0.25, -0.2) is 17.6 Å². The molecule has 1 saturated heterocycles. The van der Waals surface area contributed by atoms with Crippen LogP contribution in [0.2, 0.25) is 0 Å². The highest BCUT2D eigenvalue weighted by Gasteiger charge is 2.30. The number of nitrogens with zero attached hydrogens (tertiary/aromatic N) is 2. The van der Waals surface area contributed by atoms with E-state index in [0.29, 0.717) is 49.3 Å². The molecule has 4 rings (SSSR count). The van der Waals surface area contributed by atoms with E-state index in [0.717, 1.165) is 6.07 Å². The first-order chi connectivity index (χ1) is 15.4. The minimum atomic E-state index is -0.612. The second kappa shape index (κ2) is 9.53. The van der Waals surface area contributed by atoms with Gasteiger partial charge in [0.15, 0.2) is 0 Å². The number of hydrogen-bond donors (Lipinski definition) is 0. The van der Waals surface area contributed by atoms with Gasteiger partial charge < -0.3 is 4.90 Å². The van der Waals surface area contributed by atoms with Crippen molar-refractivity contribution >= 4 is 11.6 Å². The monoisotopic (exact) mass is 442 g/mol. The summed E-state index contributed by atoms with van der Waals surface area (Å²) in [4.78, 5) is 17.0. The Morgan fingerprint density at radius 1 is 0.812 bits per heavy atom. The molecule has 1 aliphatic heterocycles. The van der Waals surface area contributed by atoms with Gasteiger partial charge in [-0.15, -0.1) is 0 Å². The van der Waals surface area contributed by atoms with Crippen LogP contribution in [0.1, 0.15) is 28.8 Å². The van der Waals surface area contributed by atoms with Gasteiger partial charge >= 0.3 is 0 Å². The summed E-state index contributed by atoms with van der Waals surface area (Å²) in [7, 11) is 0. The van der Waals surface area contributed by atoms with Crippen molar-refractivity contribution in [2.75, 3.05) is 18.0 Å². The van der Waals surface area contributed by atoms with Crippen LogP contribution in [0.25, 0.3) is 0 Å². The average Bonchev–Trinajstić information content (AvgIpc) is 2.78. The molecule has 0 unspecified atom stereocenters. The first-order valence-electron chi connectivity index (χ1n) is 10.4. The second-order valence-corrected chi connectivity index (χ2v) is 7.90. The lowest BCUT2D eigenvalue weighted by Gasteiger charge is -2.38. The maximum Gasteiger partial charge on any atom is 0.258 e. The van der Waals surface area contributed by atoms with Gasteiger partial charge in [-0.2, -0.15) is 0 Å². The molecule has 32 heavy (non-hydrogen) atoms. The van der Waals surface area contributed by atoms with E-state index in [1.165, 1.54) is 48.5 Å². The third-order valence-corrected chi connectivity index (χ3v) is 5.75. The molecule has 0 bridgehead atoms. The summed E-state index contributed by atoms with van der Waals surface area (Å²) in [6.07, 6.45) is 1.24. The molecule has 3 aromatic rings. The molecule has 166 valence electrons. The van der Waals surface area contributed by atoms with Gasteiger partial charge in [0, 0.05) is 48.6 Å². The minimum Gasteiger partial charge on any atom is -0.305 e. The molecule has 3 aromatic carbocycles. The summed E-state index contributed by atoms with van der Waals surface area (Å²) < 4.78 is 54.0. The topological polar surface area (TPSA) is 23.6 Å². The number of likely N-dealkylation sites (tertiary alicyclic amines) is 1. The van der Waals surface area contributed by atoms with E-state index in [1.54, 1.807) is 17.0 Å². The first-order valence-corrected chi connectivity index (χ1v) is 10.4. The van der Waals surface area contributed by atoms with E-state index >= 15 is 0 Å². The number of benzene rings is 3. The largest absolute Gasteiger partial charge is 0.305 e. The number of anilines is 1. The quantitative estimate of drug-likeness (QED) is 0.484. The Labute approximate surface area is 183 Å². The summed E-state index contributed by atoms with van der Waals surface area (Å²) >= 11 is 0. The normalized spacial score (nSPS) is 15.0. The smallest absolute Gasteiger partial charge is 0.258 e. The van der Waals surface area contributed by atoms with Crippen molar-refractivity contribution in [2.24, 2.45) is 0 Å². The van der Waals surface area contributed by atoms with Gasteiger partial charge in [0.1, 0.15) is 23.3 Å². The van der Waals surface area contributed by atoms with Crippen LogP contribution in [0, 0.1) is 23.3 Å². The second-order valence-electron chi connectivity index (χ2n) is 7.90. The molecule has 0 aromatic heterocycles. The number of carbonyl (C=O) groups excluding carboxylic acids is 1. The zero-order valence-electron chi connectivity index (χ0n) is 17.3. The summed E-state index contributed by atoms with van der Waals surface area (Å²) in [5, 5.41) is 0. The van der Waals surface area contributed by atoms with E-state index < -0.39 is 23.3 Å². The number of rotatable bonds is 5. The molecular formula is C25H22F4N2O. The fourth-order valence-corrected chi connectivity index (χ4v) is 4.05. The number of hydrogen-bond acceptors (Lipinski definition) is 2. The highest BCUT2D eigenvalue weighted by molar-refractivity contribution is 6.06. The van der Waals surface area contributed by atoms with Crippen LogP contribution in [0.3, 0.4) is 0 Å². The maximum absolute atomic E-state index is 14.0. The maximum atomic E-state index is 14.0. The van der Waals surface area contributed by atoms with Gasteiger partial charge in [0.2, 0.25) is 0 Å². The van der Waals surface area contributed by atoms with Crippen LogP contribution in [0.4, 0.5) is 23.2 Å². The van der Waals surface area contributed by atoms with E-state index in [1.807, 2.05) is 0 Å². The van der Waals surface area contributed by atoms with Gasteiger partial charge in [-0.05, 0) is 67.4 Å². The van der Waals surface area contributed by atoms with E-state index in [9.17, 15) is 22.4 Å². The highest BCUT2D eigenvalue weighted by Crippen LogP contribution is 2.27. The standard InChI is InChI=1S/C25H22F4N2O/c26-19-4-1-17(2-5-19)25(32)31(22-9-7-20(27)8-10-22)23-11-13-30(14-12-23)16-18-3-6-21(28)15-24(18)29/h1-10,15,23H,11-14,16H2. The fraction of sp³-hybridized carbons (Fsp3) is 0.240. The van der Waals surface area contributed by atoms with Crippen LogP contribution in [0.5, 0.6) is 0 Å². The Kier molecular flexibility index (Phi) is 6.55. The fourth-order valence-electron chi connectivity index (χ4n) is 4.05. The number of carbonyl (C=O) groups is 1. The van der Waals surface area contributed by atoms with Crippen molar-refractivity contribution in [3.05, 3.63) is 101 Å². The Bertz CT molecular complexity index is 1080. The number of piperidine rings is 1. The van der Waals surface area contributed by atoms with Crippen LogP contribution in [0.15, 0.2) is 66.7 Å².